The molecule has 56 heavy (non-hydrogen) atoms. The average molecular weight is 921 g/mol. The molecule has 8 rings (SSSR count). The molecule has 0 amide bonds. The number of benzene rings is 4. The van der Waals surface area contributed by atoms with Crippen LogP contribution in [0.1, 0.15) is 105 Å². The molecule has 0 saturated carbocycles. The topological polar surface area (TPSA) is 48.8 Å². The van der Waals surface area contributed by atoms with Crippen molar-refractivity contribution in [2.45, 2.75) is 91.4 Å². The number of fused-ring (bicyclic) bond motifs is 4. The summed E-state index contributed by atoms with van der Waals surface area (Å²) in [7, 11) is 0. The van der Waals surface area contributed by atoms with Crippen LogP contribution >= 0.6 is 0 Å². The van der Waals surface area contributed by atoms with E-state index in [2.05, 4.69) is 143 Å². The molecule has 7 heteroatoms. The van der Waals surface area contributed by atoms with Gasteiger partial charge in [0.1, 0.15) is 5.82 Å². The van der Waals surface area contributed by atoms with Crippen LogP contribution in [0.25, 0.3) is 50.0 Å². The smallest absolute Gasteiger partial charge is 0.268 e. The maximum absolute atomic E-state index is 9.39. The summed E-state index contributed by atoms with van der Waals surface area (Å²) < 4.78 is 31.4. The van der Waals surface area contributed by atoms with Gasteiger partial charge in [0.2, 0.25) is 0 Å². The van der Waals surface area contributed by atoms with Gasteiger partial charge in [-0.25, -0.2) is 4.98 Å². The molecule has 0 unspecified atom stereocenters. The molecule has 4 aromatic carbocycles. The zero-order chi connectivity index (χ0) is 40.1. The van der Waals surface area contributed by atoms with E-state index in [1.54, 1.807) is 12.4 Å². The molecule has 0 saturated heterocycles. The third-order valence-electron chi connectivity index (χ3n) is 10.8. The summed E-state index contributed by atoms with van der Waals surface area (Å²) in [6.07, 6.45) is 11.6. The number of rotatable bonds is 11. The van der Waals surface area contributed by atoms with Crippen LogP contribution < -0.4 is 9.30 Å². The number of nitrogens with zero attached hydrogens (tertiary/aromatic N) is 5. The fourth-order valence-corrected chi connectivity index (χ4v) is 7.72. The van der Waals surface area contributed by atoms with Crippen LogP contribution in [0.2, 0.25) is 0 Å². The third kappa shape index (κ3) is 7.32. The van der Waals surface area contributed by atoms with Crippen molar-refractivity contribution in [3.8, 4) is 28.7 Å². The van der Waals surface area contributed by atoms with Crippen molar-refractivity contribution in [3.05, 3.63) is 145 Å². The van der Waals surface area contributed by atoms with Crippen molar-refractivity contribution in [1.82, 2.24) is 19.1 Å². The molecule has 288 valence electrons. The molecule has 6 nitrogen and oxygen atoms in total. The maximum Gasteiger partial charge on any atom is 0.268 e. The van der Waals surface area contributed by atoms with E-state index in [1.807, 2.05) is 39.6 Å². The minimum absolute atomic E-state index is 0. The van der Waals surface area contributed by atoms with Gasteiger partial charge in [-0.05, 0) is 107 Å². The van der Waals surface area contributed by atoms with Crippen LogP contribution in [-0.2, 0) is 26.5 Å². The molecule has 0 radical (unpaired) electrons. The van der Waals surface area contributed by atoms with E-state index >= 15 is 0 Å². The second-order valence-electron chi connectivity index (χ2n) is 15.1. The number of hydrogen-bond donors (Lipinski definition) is 0. The first-order valence-electron chi connectivity index (χ1n) is 20.5. The third-order valence-corrected chi connectivity index (χ3v) is 10.8. The summed E-state index contributed by atoms with van der Waals surface area (Å²) in [5.41, 5.74) is 8.30. The van der Waals surface area contributed by atoms with Crippen LogP contribution in [0.3, 0.4) is 0 Å². The number of imidazole rings is 1. The van der Waals surface area contributed by atoms with Crippen molar-refractivity contribution in [2.24, 2.45) is 0 Å². The molecule has 0 aliphatic rings. The molecular formula is C49H49N5OPt-2. The number of para-hydroxylation sites is 3. The van der Waals surface area contributed by atoms with Crippen molar-refractivity contribution in [3.63, 3.8) is 0 Å². The molecule has 0 N–H and O–H groups in total. The van der Waals surface area contributed by atoms with Gasteiger partial charge in [0.25, 0.3) is 6.33 Å². The summed E-state index contributed by atoms with van der Waals surface area (Å²) in [6.45, 7) is 14.9. The van der Waals surface area contributed by atoms with Crippen LogP contribution in [0.4, 0.5) is 0 Å². The quantitative estimate of drug-likeness (QED) is 0.0959. The Labute approximate surface area is 348 Å². The van der Waals surface area contributed by atoms with Gasteiger partial charge in [0.15, 0.2) is 0 Å². The summed E-state index contributed by atoms with van der Waals surface area (Å²) in [5.74, 6) is 0.267. The number of aromatic nitrogens is 5. The van der Waals surface area contributed by atoms with Crippen molar-refractivity contribution in [2.75, 3.05) is 0 Å². The monoisotopic (exact) mass is 920 g/mol. The predicted molar refractivity (Wildman–Crippen MR) is 223 cm³/mol. The minimum atomic E-state index is -0.767. The largest absolute Gasteiger partial charge is 0.508 e. The Balaban J connectivity index is 0.00000512. The summed E-state index contributed by atoms with van der Waals surface area (Å²) in [6, 6.07) is 38.1. The standard InChI is InChI=1S/C49H49N5O.Pt/c1-8-33(9-2)35-24-36(34(10-3)11-4)26-38(25-35)52-32-53(46-19-15-14-18-45(46)52)39-28-41(31-50-30-39)55-40-20-21-43-42-16-12-13-17-44(42)54(47(43)29-40)48-27-37(22-23-51-48)49(5,6)7;/h12-27,30-31,33-34H,8-11H2,1-7H3;/q-2;/i33D,34D;. The fraction of sp³-hybridized carbons (Fsp3) is 0.286. The Bertz CT molecular complexity index is 2720. The Morgan fingerprint density at radius 1 is 0.750 bits per heavy atom. The molecule has 4 heterocycles. The van der Waals surface area contributed by atoms with Crippen LogP contribution in [0.5, 0.6) is 11.5 Å². The van der Waals surface area contributed by atoms with Gasteiger partial charge < -0.3 is 18.9 Å². The molecule has 0 atom stereocenters. The number of ether oxygens (including phenoxy) is 1. The molecular weight excluding hydrogens is 870 g/mol. The Morgan fingerprint density at radius 2 is 1.43 bits per heavy atom. The zero-order valence-corrected chi connectivity index (χ0v) is 35.5. The van der Waals surface area contributed by atoms with Crippen LogP contribution in [-0.4, -0.2) is 19.1 Å². The molecule has 0 spiro atoms. The average Bonchev–Trinajstić information content (AvgIpc) is 3.79. The van der Waals surface area contributed by atoms with Gasteiger partial charge in [0, 0.05) is 47.0 Å². The minimum Gasteiger partial charge on any atom is -0.508 e. The SMILES string of the molecule is [2H]C(CC)(CC)c1cc(-[n+]2[c-]n(-c3[c-]c(Oc4[c-]c5c(cc4)c4ccccc4n5-c4cc(C(C)(C)C)ccn4)cnc3)c3ccccc32)cc(C([2H])(CC)CC)c1.[Pt]. The molecule has 4 aromatic heterocycles. The molecule has 0 bridgehead atoms. The van der Waals surface area contributed by atoms with E-state index in [1.165, 1.54) is 5.56 Å². The van der Waals surface area contributed by atoms with E-state index in [-0.39, 0.29) is 26.5 Å². The Kier molecular flexibility index (Phi) is 10.6. The van der Waals surface area contributed by atoms with Crippen molar-refractivity contribution >= 4 is 32.8 Å². The first kappa shape index (κ1) is 36.6. The molecule has 8 aromatic rings. The van der Waals surface area contributed by atoms with E-state index < -0.39 is 11.8 Å². The predicted octanol–water partition coefficient (Wildman–Crippen LogP) is 12.1. The van der Waals surface area contributed by atoms with Gasteiger partial charge in [-0.15, -0.1) is 23.6 Å². The maximum atomic E-state index is 9.39. The molecule has 0 fully saturated rings. The zero-order valence-electron chi connectivity index (χ0n) is 35.2. The van der Waals surface area contributed by atoms with Crippen molar-refractivity contribution in [1.29, 1.82) is 0 Å². The van der Waals surface area contributed by atoms with Gasteiger partial charge in [-0.1, -0.05) is 109 Å². The van der Waals surface area contributed by atoms with Gasteiger partial charge >= 0.3 is 0 Å². The van der Waals surface area contributed by atoms with E-state index in [4.69, 9.17) is 9.72 Å². The van der Waals surface area contributed by atoms with Gasteiger partial charge in [0.05, 0.1) is 16.7 Å². The summed E-state index contributed by atoms with van der Waals surface area (Å²) in [5, 5.41) is 2.17. The first-order chi connectivity index (χ1) is 27.4. The number of pyridine rings is 2. The van der Waals surface area contributed by atoms with Gasteiger partial charge in [-0.2, -0.15) is 6.07 Å². The fourth-order valence-electron chi connectivity index (χ4n) is 7.72. The Hall–Kier alpha value is -5.06. The van der Waals surface area contributed by atoms with Crippen molar-refractivity contribution < 1.29 is 33.1 Å². The van der Waals surface area contributed by atoms with Gasteiger partial charge in [-0.3, -0.25) is 4.57 Å². The van der Waals surface area contributed by atoms with Crippen LogP contribution in [0.15, 0.2) is 110 Å². The van der Waals surface area contributed by atoms with Crippen LogP contribution in [0, 0.1) is 18.5 Å². The molecule has 0 aliphatic carbocycles. The second-order valence-corrected chi connectivity index (χ2v) is 15.1. The Morgan fingerprint density at radius 3 is 2.12 bits per heavy atom. The van der Waals surface area contributed by atoms with E-state index in [0.717, 1.165) is 55.5 Å². The van der Waals surface area contributed by atoms with E-state index in [9.17, 15) is 2.74 Å². The summed E-state index contributed by atoms with van der Waals surface area (Å²) >= 11 is 0. The normalized spacial score (nSPS) is 12.8. The van der Waals surface area contributed by atoms with E-state index in [0.29, 0.717) is 42.9 Å². The first-order valence-corrected chi connectivity index (χ1v) is 19.5. The number of hydrogen-bond acceptors (Lipinski definition) is 3. The molecule has 0 aliphatic heterocycles. The second kappa shape index (κ2) is 16.2. The summed E-state index contributed by atoms with van der Waals surface area (Å²) in [4.78, 5) is 9.41.